The highest BCUT2D eigenvalue weighted by Crippen LogP contribution is 2.53. The number of nitrogens with one attached hydrogen (secondary N) is 1. The number of fused-ring (bicyclic) bond motifs is 3. The van der Waals surface area contributed by atoms with E-state index in [2.05, 4.69) is 5.32 Å². The van der Waals surface area contributed by atoms with E-state index in [1.54, 1.807) is 25.1 Å². The highest BCUT2D eigenvalue weighted by atomic mass is 16.3. The number of Topliss-reactive ketones (excluding diaryl/α,β-unsaturated/α-hetero) is 2. The van der Waals surface area contributed by atoms with Crippen LogP contribution in [-0.2, 0) is 32.1 Å². The van der Waals surface area contributed by atoms with E-state index in [1.165, 1.54) is 6.07 Å². The van der Waals surface area contributed by atoms with Gasteiger partial charge in [-0.1, -0.05) is 30.3 Å². The van der Waals surface area contributed by atoms with Crippen molar-refractivity contribution in [1.29, 1.82) is 0 Å². The number of ketones is 2. The van der Waals surface area contributed by atoms with Gasteiger partial charge >= 0.3 is 0 Å². The van der Waals surface area contributed by atoms with Gasteiger partial charge in [-0.25, -0.2) is 0 Å². The maximum absolute atomic E-state index is 13.7. The molecule has 2 aromatic carbocycles. The topological polar surface area (TPSA) is 190 Å². The van der Waals surface area contributed by atoms with Crippen molar-refractivity contribution >= 4 is 29.1 Å². The van der Waals surface area contributed by atoms with E-state index in [0.717, 1.165) is 11.1 Å². The van der Waals surface area contributed by atoms with Gasteiger partial charge in [0.25, 0.3) is 5.91 Å². The average molecular weight is 562 g/mol. The molecule has 0 aromatic heterocycles. The largest absolute Gasteiger partial charge is 0.508 e. The zero-order valence-corrected chi connectivity index (χ0v) is 22.6. The fraction of sp³-hybridized carbons (Fsp3) is 0.333. The van der Waals surface area contributed by atoms with Gasteiger partial charge in [0.1, 0.15) is 22.8 Å². The molecule has 3 aliphatic rings. The number of aliphatic hydroxyl groups is 3. The minimum absolute atomic E-state index is 0.0367. The summed E-state index contributed by atoms with van der Waals surface area (Å²) in [6.07, 6.45) is -0.106. The number of benzene rings is 2. The lowest BCUT2D eigenvalue weighted by atomic mass is 9.59. The van der Waals surface area contributed by atoms with E-state index in [0.29, 0.717) is 17.7 Å². The molecular formula is C30H31N3O8. The third-order valence-corrected chi connectivity index (χ3v) is 8.16. The average Bonchev–Trinajstić information content (AvgIpc) is 2.89. The maximum atomic E-state index is 13.7. The Morgan fingerprint density at radius 2 is 1.73 bits per heavy atom. The van der Waals surface area contributed by atoms with Crippen molar-refractivity contribution in [1.82, 2.24) is 10.2 Å². The summed E-state index contributed by atoms with van der Waals surface area (Å²) in [6.45, 7) is 0.620. The van der Waals surface area contributed by atoms with Crippen LogP contribution in [0, 0.1) is 11.8 Å². The quantitative estimate of drug-likeness (QED) is 0.282. The van der Waals surface area contributed by atoms with E-state index >= 15 is 0 Å². The number of carbonyl (C=O) groups excluding carboxylic acids is 4. The minimum Gasteiger partial charge on any atom is -0.508 e. The number of aromatic hydroxyl groups is 1. The first-order valence-corrected chi connectivity index (χ1v) is 13.2. The first-order valence-electron chi connectivity index (χ1n) is 13.2. The maximum Gasteiger partial charge on any atom is 0.255 e. The van der Waals surface area contributed by atoms with Crippen molar-refractivity contribution in [2.75, 3.05) is 20.6 Å². The molecule has 0 heterocycles. The standard InChI is InChI=1S/C30H31N3O8/c1-33(2)13-22(36)32-12-14-3-5-15(6-4-14)18-7-8-20(34)24-19(18)10-16-9-17-11-21(35)25(29(31)40)28(39)30(17,41)27(38)23(16)26(24)37/h3-8,16-17,34,37,39,41H,9-13H2,1-2H3,(H2,31,40)(H,32,36)/t16-,17+,30+/m1/s1. The number of hydrogen-bond donors (Lipinski definition) is 6. The van der Waals surface area contributed by atoms with Gasteiger partial charge in [-0.05, 0) is 61.2 Å². The fourth-order valence-corrected chi connectivity index (χ4v) is 6.24. The predicted molar refractivity (Wildman–Crippen MR) is 147 cm³/mol. The molecule has 7 N–H and O–H groups in total. The molecule has 41 heavy (non-hydrogen) atoms. The Kier molecular flexibility index (Phi) is 6.96. The lowest BCUT2D eigenvalue weighted by Gasteiger charge is -2.46. The summed E-state index contributed by atoms with van der Waals surface area (Å²) in [5, 5.41) is 46.9. The smallest absolute Gasteiger partial charge is 0.255 e. The van der Waals surface area contributed by atoms with Gasteiger partial charge in [0, 0.05) is 24.5 Å². The Hall–Kier alpha value is -4.48. The molecule has 11 nitrogen and oxygen atoms in total. The van der Waals surface area contributed by atoms with Gasteiger partial charge in [0.15, 0.2) is 11.4 Å². The van der Waals surface area contributed by atoms with Crippen LogP contribution in [0.1, 0.15) is 29.5 Å². The van der Waals surface area contributed by atoms with Crippen LogP contribution >= 0.6 is 0 Å². The second kappa shape index (κ2) is 10.2. The molecule has 2 aromatic rings. The van der Waals surface area contributed by atoms with Gasteiger partial charge in [-0.15, -0.1) is 0 Å². The Morgan fingerprint density at radius 3 is 2.37 bits per heavy atom. The molecule has 0 bridgehead atoms. The van der Waals surface area contributed by atoms with Gasteiger partial charge < -0.3 is 36.4 Å². The Balaban J connectivity index is 1.52. The molecule has 1 fully saturated rings. The normalized spacial score (nSPS) is 23.7. The first-order chi connectivity index (χ1) is 19.3. The summed E-state index contributed by atoms with van der Waals surface area (Å²) < 4.78 is 0. The summed E-state index contributed by atoms with van der Waals surface area (Å²) in [4.78, 5) is 51.7. The van der Waals surface area contributed by atoms with Gasteiger partial charge in [-0.3, -0.25) is 19.2 Å². The molecule has 2 amide bonds. The molecule has 0 radical (unpaired) electrons. The van der Waals surface area contributed by atoms with Gasteiger partial charge in [0.2, 0.25) is 11.7 Å². The highest BCUT2D eigenvalue weighted by Gasteiger charge is 2.60. The van der Waals surface area contributed by atoms with Crippen molar-refractivity contribution in [2.24, 2.45) is 17.6 Å². The number of nitrogens with zero attached hydrogens (tertiary/aromatic N) is 1. The van der Waals surface area contributed by atoms with E-state index in [4.69, 9.17) is 5.73 Å². The molecule has 0 aliphatic heterocycles. The lowest BCUT2D eigenvalue weighted by molar-refractivity contribution is -0.147. The molecule has 0 spiro atoms. The summed E-state index contributed by atoms with van der Waals surface area (Å²) in [5.74, 6) is -6.71. The van der Waals surface area contributed by atoms with Crippen LogP contribution in [0.3, 0.4) is 0 Å². The molecule has 1 saturated carbocycles. The fourth-order valence-electron chi connectivity index (χ4n) is 6.24. The number of aliphatic hydroxyl groups excluding tert-OH is 2. The predicted octanol–water partition coefficient (Wildman–Crippen LogP) is 1.27. The molecule has 3 atom stereocenters. The number of rotatable bonds is 6. The van der Waals surface area contributed by atoms with Crippen LogP contribution in [-0.4, -0.2) is 74.9 Å². The Labute approximate surface area is 235 Å². The second-order valence-electron chi connectivity index (χ2n) is 11.1. The van der Waals surface area contributed by atoms with E-state index in [9.17, 15) is 39.6 Å². The van der Waals surface area contributed by atoms with Crippen LogP contribution in [0.5, 0.6) is 5.75 Å². The molecule has 3 aliphatic carbocycles. The number of likely N-dealkylation sites (N-methyl/N-ethyl adjacent to an activating group) is 1. The zero-order chi connectivity index (χ0) is 29.8. The number of amides is 2. The summed E-state index contributed by atoms with van der Waals surface area (Å²) >= 11 is 0. The second-order valence-corrected chi connectivity index (χ2v) is 11.1. The van der Waals surface area contributed by atoms with Crippen molar-refractivity contribution in [3.05, 3.63) is 70.0 Å². The Morgan fingerprint density at radius 1 is 1.05 bits per heavy atom. The highest BCUT2D eigenvalue weighted by molar-refractivity contribution is 6.22. The van der Waals surface area contributed by atoms with Crippen molar-refractivity contribution < 1.29 is 39.6 Å². The molecule has 0 saturated heterocycles. The number of carbonyl (C=O) groups is 4. The number of primary amides is 1. The Bertz CT molecular complexity index is 1560. The van der Waals surface area contributed by atoms with Crippen molar-refractivity contribution in [2.45, 2.75) is 31.4 Å². The van der Waals surface area contributed by atoms with Crippen LogP contribution in [0.4, 0.5) is 0 Å². The number of phenols is 1. The minimum atomic E-state index is -2.60. The summed E-state index contributed by atoms with van der Waals surface area (Å²) in [5.41, 5.74) is 4.61. The summed E-state index contributed by atoms with van der Waals surface area (Å²) in [7, 11) is 3.61. The van der Waals surface area contributed by atoms with Crippen LogP contribution in [0.2, 0.25) is 0 Å². The molecule has 5 rings (SSSR count). The van der Waals surface area contributed by atoms with E-state index in [-0.39, 0.29) is 48.6 Å². The van der Waals surface area contributed by atoms with Crippen LogP contribution in [0.25, 0.3) is 16.9 Å². The van der Waals surface area contributed by atoms with Crippen LogP contribution in [0.15, 0.2) is 53.3 Å². The number of nitrogens with two attached hydrogens (primary N) is 1. The molecule has 0 unspecified atom stereocenters. The molecule has 214 valence electrons. The van der Waals surface area contributed by atoms with Crippen LogP contribution < -0.4 is 11.1 Å². The summed E-state index contributed by atoms with van der Waals surface area (Å²) in [6, 6.07) is 10.5. The third-order valence-electron chi connectivity index (χ3n) is 8.16. The monoisotopic (exact) mass is 561 g/mol. The van der Waals surface area contributed by atoms with E-state index in [1.807, 2.05) is 24.3 Å². The van der Waals surface area contributed by atoms with E-state index < -0.39 is 52.0 Å². The van der Waals surface area contributed by atoms with Gasteiger partial charge in [-0.2, -0.15) is 0 Å². The number of hydrogen-bond acceptors (Lipinski definition) is 9. The zero-order valence-electron chi connectivity index (χ0n) is 22.6. The number of phenolic OH excluding ortho intramolecular Hbond substituents is 1. The molecular weight excluding hydrogens is 530 g/mol. The van der Waals surface area contributed by atoms with Crippen molar-refractivity contribution in [3.8, 4) is 16.9 Å². The van der Waals surface area contributed by atoms with Crippen molar-refractivity contribution in [3.63, 3.8) is 0 Å². The third kappa shape index (κ3) is 4.56. The van der Waals surface area contributed by atoms with Gasteiger partial charge in [0.05, 0.1) is 12.1 Å². The SMILES string of the molecule is CN(C)CC(=O)NCc1ccc(-c2ccc(O)c3c2C[C@H]2C[C@H]4CC(=O)C(C(N)=O)=C(O)[C@@]4(O)C(=O)C2=C3O)cc1. The first kappa shape index (κ1) is 28.1. The molecule has 11 heteroatoms. The lowest BCUT2D eigenvalue weighted by Crippen LogP contribution is -2.58.